The number of nitrogens with zero attached hydrogens (tertiary/aromatic N) is 6. The number of fused-ring (bicyclic) bond motifs is 1. The summed E-state index contributed by atoms with van der Waals surface area (Å²) in [5, 5.41) is 14.9. The largest absolute Gasteiger partial charge is 0.493 e. The summed E-state index contributed by atoms with van der Waals surface area (Å²) >= 11 is 0. The molecule has 2 atom stereocenters. The zero-order valence-corrected chi connectivity index (χ0v) is 15.5. The van der Waals surface area contributed by atoms with Gasteiger partial charge in [0.05, 0.1) is 12.2 Å². The Balaban J connectivity index is 1.75. The Bertz CT molecular complexity index is 1250. The quantitative estimate of drug-likeness (QED) is 0.531. The predicted molar refractivity (Wildman–Crippen MR) is 102 cm³/mol. The van der Waals surface area contributed by atoms with Gasteiger partial charge in [-0.2, -0.15) is 19.6 Å². The zero-order valence-electron chi connectivity index (χ0n) is 15.5. The highest BCUT2D eigenvalue weighted by Gasteiger charge is 2.26. The standard InChI is InChI=1S/C18H20N8O2/c1-9-3-4-10(2)25(9)16-22-14-11(7-13-15(27)23-18(28)21-13)8-19-26(14)17(24-16)20-12-5-6-12/h3-4,7-10,12,27H,5-6H2,1-2H3,(H2,21,23,28)/b11-7+,20-17?. The molecule has 0 aromatic carbocycles. The van der Waals surface area contributed by atoms with Gasteiger partial charge in [0, 0.05) is 17.3 Å². The molecule has 10 nitrogen and oxygen atoms in total. The van der Waals surface area contributed by atoms with Crippen molar-refractivity contribution in [1.29, 1.82) is 0 Å². The molecule has 28 heavy (non-hydrogen) atoms. The molecular formula is C18H20N8O2. The van der Waals surface area contributed by atoms with E-state index in [-0.39, 0.29) is 29.7 Å². The third-order valence-corrected chi connectivity index (χ3v) is 5.02. The van der Waals surface area contributed by atoms with Gasteiger partial charge in [0.25, 0.3) is 5.62 Å². The molecule has 1 fully saturated rings. The third kappa shape index (κ3) is 2.77. The topological polar surface area (TPSA) is 128 Å². The molecule has 3 aromatic rings. The maximum atomic E-state index is 11.4. The van der Waals surface area contributed by atoms with Crippen LogP contribution < -0.4 is 21.4 Å². The highest BCUT2D eigenvalue weighted by Crippen LogP contribution is 2.23. The van der Waals surface area contributed by atoms with E-state index in [2.05, 4.69) is 51.0 Å². The van der Waals surface area contributed by atoms with Gasteiger partial charge < -0.3 is 15.0 Å². The van der Waals surface area contributed by atoms with Crippen LogP contribution in [-0.2, 0) is 0 Å². The zero-order chi connectivity index (χ0) is 19.4. The van der Waals surface area contributed by atoms with Gasteiger partial charge in [0.2, 0.25) is 11.8 Å². The lowest BCUT2D eigenvalue weighted by Crippen LogP contribution is -2.37. The number of imidazole rings is 1. The second-order valence-corrected chi connectivity index (χ2v) is 7.28. The minimum Gasteiger partial charge on any atom is -0.493 e. The first kappa shape index (κ1) is 16.7. The Morgan fingerprint density at radius 3 is 2.61 bits per heavy atom. The summed E-state index contributed by atoms with van der Waals surface area (Å²) in [5.41, 5.74) is 0.869. The van der Waals surface area contributed by atoms with E-state index in [9.17, 15) is 9.90 Å². The number of hydrogen-bond donors (Lipinski definition) is 3. The maximum Gasteiger partial charge on any atom is 0.326 e. The van der Waals surface area contributed by atoms with Gasteiger partial charge >= 0.3 is 5.69 Å². The number of anilines is 1. The number of H-pyrrole nitrogens is 2. The van der Waals surface area contributed by atoms with E-state index in [1.807, 2.05) is 0 Å². The SMILES string of the molecule is CC1C=CC(C)N1c1nc(=NC2CC2)n2nc/c(=C\c3[nH]c(=O)[nH]c3O)c2n1. The third-order valence-electron chi connectivity index (χ3n) is 5.02. The van der Waals surface area contributed by atoms with E-state index < -0.39 is 5.69 Å². The number of aromatic nitrogens is 6. The molecule has 1 saturated carbocycles. The van der Waals surface area contributed by atoms with E-state index in [1.54, 1.807) is 16.8 Å². The minimum atomic E-state index is -0.481. The van der Waals surface area contributed by atoms with Crippen molar-refractivity contribution in [3.8, 4) is 5.88 Å². The normalized spacial score (nSPS) is 23.4. The van der Waals surface area contributed by atoms with Gasteiger partial charge in [0.15, 0.2) is 5.65 Å². The lowest BCUT2D eigenvalue weighted by atomic mass is 10.3. The molecule has 0 saturated heterocycles. The van der Waals surface area contributed by atoms with Crippen molar-refractivity contribution >= 4 is 17.7 Å². The Morgan fingerprint density at radius 2 is 1.96 bits per heavy atom. The Hall–Kier alpha value is -3.43. The van der Waals surface area contributed by atoms with Crippen LogP contribution in [0, 0.1) is 0 Å². The first-order valence-electron chi connectivity index (χ1n) is 9.29. The summed E-state index contributed by atoms with van der Waals surface area (Å²) in [5.74, 6) is 0.353. The first-order valence-corrected chi connectivity index (χ1v) is 9.29. The van der Waals surface area contributed by atoms with E-state index in [0.29, 0.717) is 22.4 Å². The van der Waals surface area contributed by atoms with Gasteiger partial charge in [-0.25, -0.2) is 9.79 Å². The van der Waals surface area contributed by atoms with E-state index in [4.69, 9.17) is 9.98 Å². The van der Waals surface area contributed by atoms with Crippen molar-refractivity contribution in [3.05, 3.63) is 45.4 Å². The molecule has 5 rings (SSSR count). The van der Waals surface area contributed by atoms with Crippen molar-refractivity contribution < 1.29 is 5.11 Å². The summed E-state index contributed by atoms with van der Waals surface area (Å²) < 4.78 is 1.61. The summed E-state index contributed by atoms with van der Waals surface area (Å²) in [7, 11) is 0. The lowest BCUT2D eigenvalue weighted by Gasteiger charge is -2.26. The summed E-state index contributed by atoms with van der Waals surface area (Å²) in [6.07, 6.45) is 9.61. The highest BCUT2D eigenvalue weighted by molar-refractivity contribution is 5.57. The molecule has 1 aliphatic carbocycles. The summed E-state index contributed by atoms with van der Waals surface area (Å²) in [6, 6.07) is 0.623. The van der Waals surface area contributed by atoms with Gasteiger partial charge in [-0.05, 0) is 32.8 Å². The van der Waals surface area contributed by atoms with Crippen LogP contribution in [0.1, 0.15) is 32.4 Å². The molecule has 2 unspecified atom stereocenters. The van der Waals surface area contributed by atoms with Gasteiger partial charge in [-0.1, -0.05) is 12.2 Å². The van der Waals surface area contributed by atoms with E-state index in [0.717, 1.165) is 12.8 Å². The number of hydrogen-bond acceptors (Lipinski definition) is 7. The number of aromatic hydroxyl groups is 1. The molecule has 0 bridgehead atoms. The van der Waals surface area contributed by atoms with Crippen LogP contribution in [0.2, 0.25) is 0 Å². The van der Waals surface area contributed by atoms with Crippen LogP contribution in [0.15, 0.2) is 28.1 Å². The highest BCUT2D eigenvalue weighted by atomic mass is 16.3. The molecule has 144 valence electrons. The molecule has 0 radical (unpaired) electrons. The minimum absolute atomic E-state index is 0.173. The van der Waals surface area contributed by atoms with Gasteiger partial charge in [-0.3, -0.25) is 4.98 Å². The Labute approximate surface area is 159 Å². The maximum absolute atomic E-state index is 11.4. The number of aromatic amines is 2. The fourth-order valence-electron chi connectivity index (χ4n) is 3.43. The average Bonchev–Trinajstić information content (AvgIpc) is 3.15. The molecule has 10 heteroatoms. The van der Waals surface area contributed by atoms with Crippen LogP contribution >= 0.6 is 0 Å². The molecule has 0 amide bonds. The predicted octanol–water partition coefficient (Wildman–Crippen LogP) is -0.390. The van der Waals surface area contributed by atoms with Crippen molar-refractivity contribution in [2.75, 3.05) is 4.90 Å². The lowest BCUT2D eigenvalue weighted by molar-refractivity contribution is 0.454. The second kappa shape index (κ2) is 6.04. The average molecular weight is 380 g/mol. The molecule has 1 aliphatic heterocycles. The first-order chi connectivity index (χ1) is 13.5. The van der Waals surface area contributed by atoms with Crippen LogP contribution in [-0.4, -0.2) is 52.8 Å². The number of rotatable bonds is 3. The molecule has 3 aromatic heterocycles. The van der Waals surface area contributed by atoms with Crippen LogP contribution in [0.3, 0.4) is 0 Å². The van der Waals surface area contributed by atoms with Crippen molar-refractivity contribution in [2.24, 2.45) is 4.99 Å². The van der Waals surface area contributed by atoms with Crippen molar-refractivity contribution in [2.45, 2.75) is 44.8 Å². The Morgan fingerprint density at radius 1 is 1.21 bits per heavy atom. The smallest absolute Gasteiger partial charge is 0.326 e. The molecule has 2 aliphatic rings. The fourth-order valence-corrected chi connectivity index (χ4v) is 3.43. The van der Waals surface area contributed by atoms with Crippen LogP contribution in [0.5, 0.6) is 5.88 Å². The van der Waals surface area contributed by atoms with Gasteiger partial charge in [0.1, 0.15) is 5.69 Å². The second-order valence-electron chi connectivity index (χ2n) is 7.28. The van der Waals surface area contributed by atoms with Crippen LogP contribution in [0.4, 0.5) is 5.95 Å². The molecule has 4 heterocycles. The van der Waals surface area contributed by atoms with E-state index >= 15 is 0 Å². The fraction of sp³-hybridized carbons (Fsp3) is 0.389. The van der Waals surface area contributed by atoms with Crippen molar-refractivity contribution in [3.63, 3.8) is 0 Å². The molecular weight excluding hydrogens is 360 g/mol. The van der Waals surface area contributed by atoms with Crippen molar-refractivity contribution in [1.82, 2.24) is 29.5 Å². The Kier molecular flexibility index (Phi) is 3.61. The molecule has 0 spiro atoms. The molecule has 3 N–H and O–H groups in total. The van der Waals surface area contributed by atoms with E-state index in [1.165, 1.54) is 0 Å². The number of nitrogens with one attached hydrogen (secondary N) is 2. The van der Waals surface area contributed by atoms with Gasteiger partial charge in [-0.15, -0.1) is 0 Å². The van der Waals surface area contributed by atoms with Crippen LogP contribution in [0.25, 0.3) is 11.7 Å². The monoisotopic (exact) mass is 380 g/mol. The summed E-state index contributed by atoms with van der Waals surface area (Å²) in [6.45, 7) is 4.19. The summed E-state index contributed by atoms with van der Waals surface area (Å²) in [4.78, 5) is 32.5.